The van der Waals surface area contributed by atoms with Gasteiger partial charge in [0, 0.05) is 4.70 Å². The molecule has 0 bridgehead atoms. The first-order valence-electron chi connectivity index (χ1n) is 5.85. The number of fused-ring (bicyclic) bond motifs is 1. The van der Waals surface area contributed by atoms with Crippen molar-refractivity contribution >= 4 is 27.4 Å². The third kappa shape index (κ3) is 2.34. The molecule has 0 aliphatic carbocycles. The Morgan fingerprint density at radius 1 is 1.44 bits per heavy atom. The molecule has 2 aromatic rings. The van der Waals surface area contributed by atoms with Crippen LogP contribution < -0.4 is 4.74 Å². The highest BCUT2D eigenvalue weighted by atomic mass is 32.1. The summed E-state index contributed by atoms with van der Waals surface area (Å²) in [5.41, 5.74) is 0.945. The van der Waals surface area contributed by atoms with Crippen molar-refractivity contribution in [2.24, 2.45) is 5.92 Å². The van der Waals surface area contributed by atoms with Crippen LogP contribution >= 0.6 is 11.3 Å². The summed E-state index contributed by atoms with van der Waals surface area (Å²) in [6, 6.07) is 5.73. The van der Waals surface area contributed by atoms with Crippen LogP contribution in [0.25, 0.3) is 10.1 Å². The quantitative estimate of drug-likeness (QED) is 0.913. The predicted octanol–water partition coefficient (Wildman–Crippen LogP) is 3.81. The fraction of sp³-hybridized carbons (Fsp3) is 0.357. The van der Waals surface area contributed by atoms with Gasteiger partial charge < -0.3 is 9.84 Å². The molecule has 1 aromatic carbocycles. The average Bonchev–Trinajstić information content (AvgIpc) is 2.66. The van der Waals surface area contributed by atoms with Crippen LogP contribution in [0.2, 0.25) is 0 Å². The molecule has 3 nitrogen and oxygen atoms in total. The molecule has 4 heteroatoms. The van der Waals surface area contributed by atoms with Gasteiger partial charge in [0.15, 0.2) is 0 Å². The molecule has 1 aromatic heterocycles. The van der Waals surface area contributed by atoms with E-state index in [-0.39, 0.29) is 0 Å². The maximum absolute atomic E-state index is 11.3. The zero-order chi connectivity index (χ0) is 13.3. The van der Waals surface area contributed by atoms with Gasteiger partial charge in [-0.15, -0.1) is 11.3 Å². The molecule has 0 radical (unpaired) electrons. The second-order valence-corrected chi connectivity index (χ2v) is 5.73. The highest BCUT2D eigenvalue weighted by Gasteiger charge is 2.18. The molecule has 1 N–H and O–H groups in total. The molecule has 0 aliphatic rings. The Labute approximate surface area is 110 Å². The van der Waals surface area contributed by atoms with Crippen LogP contribution in [0.1, 0.15) is 29.1 Å². The number of carboxylic acid groups (broad SMARTS) is 1. The summed E-state index contributed by atoms with van der Waals surface area (Å²) in [6.07, 6.45) is 0.786. The van der Waals surface area contributed by atoms with E-state index in [9.17, 15) is 9.90 Å². The van der Waals surface area contributed by atoms with E-state index in [1.165, 1.54) is 11.3 Å². The lowest BCUT2D eigenvalue weighted by molar-refractivity contribution is 0.0701. The molecule has 0 spiro atoms. The molecule has 0 saturated carbocycles. The Kier molecular flexibility index (Phi) is 3.57. The predicted molar refractivity (Wildman–Crippen MR) is 73.9 cm³/mol. The van der Waals surface area contributed by atoms with Gasteiger partial charge in [-0.25, -0.2) is 4.79 Å². The number of thiophene rings is 1. The van der Waals surface area contributed by atoms with Gasteiger partial charge in [0.05, 0.1) is 7.11 Å². The molecule has 1 heterocycles. The first-order valence-corrected chi connectivity index (χ1v) is 6.67. The molecule has 0 atom stereocenters. The Morgan fingerprint density at radius 2 is 2.17 bits per heavy atom. The van der Waals surface area contributed by atoms with Crippen LogP contribution in [0.3, 0.4) is 0 Å². The molecule has 0 fully saturated rings. The molecule has 96 valence electrons. The van der Waals surface area contributed by atoms with Gasteiger partial charge in [0.2, 0.25) is 0 Å². The van der Waals surface area contributed by atoms with E-state index in [1.807, 2.05) is 18.2 Å². The number of benzene rings is 1. The molecule has 18 heavy (non-hydrogen) atoms. The largest absolute Gasteiger partial charge is 0.497 e. The summed E-state index contributed by atoms with van der Waals surface area (Å²) >= 11 is 1.32. The second kappa shape index (κ2) is 4.98. The molecular formula is C14H16O3S. The monoisotopic (exact) mass is 264 g/mol. The standard InChI is InChI=1S/C14H16O3S/c1-8(2)6-11-10-5-4-9(17-3)7-12(10)18-13(11)14(15)16/h4-5,7-8H,6H2,1-3H3,(H,15,16). The lowest BCUT2D eigenvalue weighted by Gasteiger charge is -2.05. The maximum Gasteiger partial charge on any atom is 0.346 e. The van der Waals surface area contributed by atoms with Crippen LogP contribution in [0, 0.1) is 5.92 Å². The van der Waals surface area contributed by atoms with Crippen molar-refractivity contribution in [3.63, 3.8) is 0 Å². The average molecular weight is 264 g/mol. The minimum absolute atomic E-state index is 0.433. The smallest absolute Gasteiger partial charge is 0.346 e. The van der Waals surface area contributed by atoms with Gasteiger partial charge in [0.1, 0.15) is 10.6 Å². The van der Waals surface area contributed by atoms with E-state index in [2.05, 4.69) is 13.8 Å². The van der Waals surface area contributed by atoms with Crippen molar-refractivity contribution in [1.82, 2.24) is 0 Å². The van der Waals surface area contributed by atoms with Gasteiger partial charge >= 0.3 is 5.97 Å². The van der Waals surface area contributed by atoms with Crippen LogP contribution in [0.4, 0.5) is 0 Å². The van der Waals surface area contributed by atoms with Crippen molar-refractivity contribution in [3.8, 4) is 5.75 Å². The van der Waals surface area contributed by atoms with Crippen molar-refractivity contribution in [3.05, 3.63) is 28.6 Å². The third-order valence-corrected chi connectivity index (χ3v) is 3.99. The summed E-state index contributed by atoms with van der Waals surface area (Å²) in [7, 11) is 1.61. The zero-order valence-corrected chi connectivity index (χ0v) is 11.5. The summed E-state index contributed by atoms with van der Waals surface area (Å²) in [5, 5.41) is 10.3. The summed E-state index contributed by atoms with van der Waals surface area (Å²) in [6.45, 7) is 4.19. The Bertz CT molecular complexity index is 584. The van der Waals surface area contributed by atoms with E-state index >= 15 is 0 Å². The summed E-state index contributed by atoms with van der Waals surface area (Å²) in [5.74, 6) is 0.352. The normalized spacial score (nSPS) is 11.1. The van der Waals surface area contributed by atoms with Gasteiger partial charge in [-0.3, -0.25) is 0 Å². The first-order chi connectivity index (χ1) is 8.52. The van der Waals surface area contributed by atoms with E-state index in [1.54, 1.807) is 7.11 Å². The fourth-order valence-corrected chi connectivity index (χ4v) is 3.14. The number of methoxy groups -OCH3 is 1. The number of carboxylic acids is 1. The maximum atomic E-state index is 11.3. The van der Waals surface area contributed by atoms with E-state index in [0.29, 0.717) is 10.8 Å². The minimum Gasteiger partial charge on any atom is -0.497 e. The highest BCUT2D eigenvalue weighted by Crippen LogP contribution is 2.35. The lowest BCUT2D eigenvalue weighted by Crippen LogP contribution is -2.01. The van der Waals surface area contributed by atoms with Crippen molar-refractivity contribution < 1.29 is 14.6 Å². The second-order valence-electron chi connectivity index (χ2n) is 4.67. The number of aromatic carboxylic acids is 1. The number of hydrogen-bond donors (Lipinski definition) is 1. The number of hydrogen-bond acceptors (Lipinski definition) is 3. The van der Waals surface area contributed by atoms with Crippen LogP contribution in [-0.4, -0.2) is 18.2 Å². The Balaban J connectivity index is 2.63. The van der Waals surface area contributed by atoms with Gasteiger partial charge in [-0.1, -0.05) is 13.8 Å². The van der Waals surface area contributed by atoms with Crippen molar-refractivity contribution in [2.75, 3.05) is 7.11 Å². The summed E-state index contributed by atoms with van der Waals surface area (Å²) in [4.78, 5) is 11.8. The number of ether oxygens (including phenoxy) is 1. The SMILES string of the molecule is COc1ccc2c(CC(C)C)c(C(=O)O)sc2c1. The lowest BCUT2D eigenvalue weighted by atomic mass is 10.00. The number of rotatable bonds is 4. The van der Waals surface area contributed by atoms with Crippen LogP contribution in [-0.2, 0) is 6.42 Å². The topological polar surface area (TPSA) is 46.5 Å². The fourth-order valence-electron chi connectivity index (χ4n) is 2.04. The van der Waals surface area contributed by atoms with Gasteiger partial charge in [0.25, 0.3) is 0 Å². The van der Waals surface area contributed by atoms with Crippen molar-refractivity contribution in [1.29, 1.82) is 0 Å². The summed E-state index contributed by atoms with van der Waals surface area (Å²) < 4.78 is 6.15. The molecular weight excluding hydrogens is 248 g/mol. The zero-order valence-electron chi connectivity index (χ0n) is 10.7. The molecule has 0 aliphatic heterocycles. The Hall–Kier alpha value is -1.55. The Morgan fingerprint density at radius 3 is 2.72 bits per heavy atom. The third-order valence-electron chi connectivity index (χ3n) is 2.81. The van der Waals surface area contributed by atoms with Gasteiger partial charge in [-0.05, 0) is 41.5 Å². The molecule has 0 amide bonds. The van der Waals surface area contributed by atoms with Gasteiger partial charge in [-0.2, -0.15) is 0 Å². The first kappa shape index (κ1) is 12.9. The molecule has 0 unspecified atom stereocenters. The molecule has 0 saturated heterocycles. The number of carbonyl (C=O) groups is 1. The highest BCUT2D eigenvalue weighted by molar-refractivity contribution is 7.21. The van der Waals surface area contributed by atoms with Crippen LogP contribution in [0.15, 0.2) is 18.2 Å². The molecule has 2 rings (SSSR count). The van der Waals surface area contributed by atoms with E-state index in [0.717, 1.165) is 27.8 Å². The minimum atomic E-state index is -0.842. The van der Waals surface area contributed by atoms with E-state index in [4.69, 9.17) is 4.74 Å². The van der Waals surface area contributed by atoms with Crippen LogP contribution in [0.5, 0.6) is 5.75 Å². The van der Waals surface area contributed by atoms with Crippen molar-refractivity contribution in [2.45, 2.75) is 20.3 Å². The van der Waals surface area contributed by atoms with E-state index < -0.39 is 5.97 Å².